The topological polar surface area (TPSA) is 21.6 Å². The lowest BCUT2D eigenvalue weighted by molar-refractivity contribution is 0.0646. The number of fused-ring (bicyclic) bond motifs is 1. The molecule has 2 atom stereocenters. The van der Waals surface area contributed by atoms with Crippen molar-refractivity contribution >= 4 is 17.5 Å². The summed E-state index contributed by atoms with van der Waals surface area (Å²) >= 11 is 2.19. The highest BCUT2D eigenvalue weighted by molar-refractivity contribution is 8.00. The first kappa shape index (κ1) is 13.0. The van der Waals surface area contributed by atoms with Gasteiger partial charge in [-0.1, -0.05) is 12.8 Å². The van der Waals surface area contributed by atoms with E-state index in [0.717, 1.165) is 11.2 Å². The average molecular weight is 267 g/mol. The fourth-order valence-corrected chi connectivity index (χ4v) is 5.16. The van der Waals surface area contributed by atoms with Gasteiger partial charge in [0.15, 0.2) is 0 Å². The van der Waals surface area contributed by atoms with Crippen molar-refractivity contribution in [1.29, 1.82) is 0 Å². The molecule has 102 valence electrons. The number of thioether (sulfide) groups is 1. The molecule has 0 radical (unpaired) electrons. The lowest BCUT2D eigenvalue weighted by Gasteiger charge is -2.36. The van der Waals surface area contributed by atoms with Crippen LogP contribution in [0.25, 0.3) is 0 Å². The Balaban J connectivity index is 1.61. The summed E-state index contributed by atoms with van der Waals surface area (Å²) < 4.78 is 5.47. The molecule has 1 heterocycles. The highest BCUT2D eigenvalue weighted by atomic mass is 32.2. The van der Waals surface area contributed by atoms with Gasteiger partial charge >= 0.3 is 0 Å². The Morgan fingerprint density at radius 3 is 2.61 bits per heavy atom. The zero-order chi connectivity index (χ0) is 12.4. The SMILES string of the molecule is COC1CCC(C2=N[C@@H]3CCCC[C@@H]3SC2)CC1. The van der Waals surface area contributed by atoms with Gasteiger partial charge < -0.3 is 4.74 Å². The van der Waals surface area contributed by atoms with E-state index in [9.17, 15) is 0 Å². The van der Waals surface area contributed by atoms with E-state index in [1.165, 1.54) is 62.8 Å². The van der Waals surface area contributed by atoms with E-state index in [1.807, 2.05) is 7.11 Å². The first-order valence-corrected chi connectivity index (χ1v) is 8.62. The third kappa shape index (κ3) is 2.77. The minimum atomic E-state index is 0.514. The van der Waals surface area contributed by atoms with Crippen LogP contribution in [0.4, 0.5) is 0 Å². The fraction of sp³-hybridized carbons (Fsp3) is 0.933. The second-order valence-electron chi connectivity index (χ2n) is 6.03. The van der Waals surface area contributed by atoms with Crippen LogP contribution in [-0.2, 0) is 4.74 Å². The molecule has 0 spiro atoms. The Morgan fingerprint density at radius 2 is 1.83 bits per heavy atom. The van der Waals surface area contributed by atoms with Gasteiger partial charge in [0.2, 0.25) is 0 Å². The Hall–Kier alpha value is -0.0200. The van der Waals surface area contributed by atoms with Crippen LogP contribution in [0.15, 0.2) is 4.99 Å². The maximum Gasteiger partial charge on any atom is 0.0618 e. The molecule has 0 bridgehead atoms. The van der Waals surface area contributed by atoms with Gasteiger partial charge in [0.1, 0.15) is 0 Å². The molecule has 0 aromatic heterocycles. The van der Waals surface area contributed by atoms with Crippen molar-refractivity contribution in [2.45, 2.75) is 68.8 Å². The van der Waals surface area contributed by atoms with Crippen molar-refractivity contribution in [3.05, 3.63) is 0 Å². The van der Waals surface area contributed by atoms with Crippen molar-refractivity contribution in [3.8, 4) is 0 Å². The highest BCUT2D eigenvalue weighted by Crippen LogP contribution is 2.37. The predicted molar refractivity (Wildman–Crippen MR) is 78.7 cm³/mol. The van der Waals surface area contributed by atoms with E-state index in [1.54, 1.807) is 0 Å². The van der Waals surface area contributed by atoms with Gasteiger partial charge in [0.05, 0.1) is 12.1 Å². The normalized spacial score (nSPS) is 41.1. The van der Waals surface area contributed by atoms with Crippen LogP contribution in [0.5, 0.6) is 0 Å². The van der Waals surface area contributed by atoms with Crippen LogP contribution in [-0.4, -0.2) is 36.0 Å². The van der Waals surface area contributed by atoms with Crippen molar-refractivity contribution in [1.82, 2.24) is 0 Å². The highest BCUT2D eigenvalue weighted by Gasteiger charge is 2.32. The number of hydrogen-bond donors (Lipinski definition) is 0. The lowest BCUT2D eigenvalue weighted by Crippen LogP contribution is -2.36. The second kappa shape index (κ2) is 5.96. The average Bonchev–Trinajstić information content (AvgIpc) is 2.47. The van der Waals surface area contributed by atoms with E-state index in [4.69, 9.17) is 9.73 Å². The molecule has 2 saturated carbocycles. The second-order valence-corrected chi connectivity index (χ2v) is 7.26. The molecule has 3 heteroatoms. The first-order valence-electron chi connectivity index (χ1n) is 7.58. The number of methoxy groups -OCH3 is 1. The van der Waals surface area contributed by atoms with Gasteiger partial charge in [-0.3, -0.25) is 4.99 Å². The molecule has 18 heavy (non-hydrogen) atoms. The van der Waals surface area contributed by atoms with Crippen molar-refractivity contribution in [2.24, 2.45) is 10.9 Å². The number of ether oxygens (including phenoxy) is 1. The van der Waals surface area contributed by atoms with E-state index in [-0.39, 0.29) is 0 Å². The van der Waals surface area contributed by atoms with Crippen molar-refractivity contribution in [3.63, 3.8) is 0 Å². The van der Waals surface area contributed by atoms with Crippen LogP contribution in [0.1, 0.15) is 51.4 Å². The van der Waals surface area contributed by atoms with E-state index in [0.29, 0.717) is 12.1 Å². The minimum Gasteiger partial charge on any atom is -0.381 e. The summed E-state index contributed by atoms with van der Waals surface area (Å²) in [6.07, 6.45) is 11.2. The molecule has 0 saturated heterocycles. The number of aliphatic imine (C=N–C) groups is 1. The van der Waals surface area contributed by atoms with Gasteiger partial charge in [-0.05, 0) is 44.4 Å². The van der Waals surface area contributed by atoms with Crippen molar-refractivity contribution in [2.75, 3.05) is 12.9 Å². The molecular formula is C15H25NOS. The maximum absolute atomic E-state index is 5.47. The Morgan fingerprint density at radius 1 is 1.06 bits per heavy atom. The van der Waals surface area contributed by atoms with Crippen molar-refractivity contribution < 1.29 is 4.74 Å². The third-order valence-electron chi connectivity index (χ3n) is 4.92. The minimum absolute atomic E-state index is 0.514. The molecule has 2 aliphatic carbocycles. The first-order chi connectivity index (χ1) is 8.86. The Labute approximate surface area is 115 Å². The maximum atomic E-state index is 5.47. The van der Waals surface area contributed by atoms with Crippen LogP contribution >= 0.6 is 11.8 Å². The van der Waals surface area contributed by atoms with Gasteiger partial charge in [-0.15, -0.1) is 0 Å². The molecule has 0 amide bonds. The molecule has 2 nitrogen and oxygen atoms in total. The summed E-state index contributed by atoms with van der Waals surface area (Å²) in [5.41, 5.74) is 1.54. The predicted octanol–water partition coefficient (Wildman–Crippen LogP) is 3.69. The Bertz CT molecular complexity index is 310. The molecule has 2 fully saturated rings. The fourth-order valence-electron chi connectivity index (χ4n) is 3.72. The number of nitrogens with zero attached hydrogens (tertiary/aromatic N) is 1. The molecule has 3 aliphatic rings. The zero-order valence-corrected chi connectivity index (χ0v) is 12.3. The lowest BCUT2D eigenvalue weighted by atomic mass is 9.84. The largest absolute Gasteiger partial charge is 0.381 e. The zero-order valence-electron chi connectivity index (χ0n) is 11.4. The Kier molecular flexibility index (Phi) is 4.30. The van der Waals surface area contributed by atoms with Crippen LogP contribution in [0.3, 0.4) is 0 Å². The molecular weight excluding hydrogens is 242 g/mol. The van der Waals surface area contributed by atoms with Gasteiger partial charge in [0, 0.05) is 23.8 Å². The summed E-state index contributed by atoms with van der Waals surface area (Å²) in [6, 6.07) is 0.660. The summed E-state index contributed by atoms with van der Waals surface area (Å²) in [5.74, 6) is 1.98. The van der Waals surface area contributed by atoms with E-state index >= 15 is 0 Å². The molecule has 0 unspecified atom stereocenters. The standard InChI is InChI=1S/C15H25NOS/c1-17-12-8-6-11(7-9-12)14-10-18-15-5-3-2-4-13(15)16-14/h11-13,15H,2-10H2,1H3/t11?,12?,13-,15+/m1/s1. The molecule has 0 aromatic carbocycles. The monoisotopic (exact) mass is 267 g/mol. The summed E-state index contributed by atoms with van der Waals surface area (Å²) in [4.78, 5) is 5.13. The van der Waals surface area contributed by atoms with Gasteiger partial charge in [0.25, 0.3) is 0 Å². The van der Waals surface area contributed by atoms with Crippen LogP contribution in [0, 0.1) is 5.92 Å². The summed E-state index contributed by atoms with van der Waals surface area (Å²) in [5, 5.41) is 0.845. The summed E-state index contributed by atoms with van der Waals surface area (Å²) in [6.45, 7) is 0. The van der Waals surface area contributed by atoms with Crippen LogP contribution < -0.4 is 0 Å². The van der Waals surface area contributed by atoms with E-state index in [2.05, 4.69) is 11.8 Å². The van der Waals surface area contributed by atoms with Crippen LogP contribution in [0.2, 0.25) is 0 Å². The third-order valence-corrected chi connectivity index (χ3v) is 6.36. The van der Waals surface area contributed by atoms with Gasteiger partial charge in [-0.2, -0.15) is 11.8 Å². The van der Waals surface area contributed by atoms with E-state index < -0.39 is 0 Å². The molecule has 0 N–H and O–H groups in total. The molecule has 1 aliphatic heterocycles. The molecule has 0 aromatic rings. The molecule has 3 rings (SSSR count). The quantitative estimate of drug-likeness (QED) is 0.761. The number of hydrogen-bond acceptors (Lipinski definition) is 3. The number of rotatable bonds is 2. The van der Waals surface area contributed by atoms with Gasteiger partial charge in [-0.25, -0.2) is 0 Å². The smallest absolute Gasteiger partial charge is 0.0618 e. The summed E-state index contributed by atoms with van der Waals surface area (Å²) in [7, 11) is 1.85.